The Kier molecular flexibility index (Phi) is 4.15. The number of hydrogen-bond donors (Lipinski definition) is 2. The maximum absolute atomic E-state index is 10.8. The van der Waals surface area contributed by atoms with Crippen molar-refractivity contribution in [1.29, 1.82) is 0 Å². The smallest absolute Gasteiger partial charge is 0.269 e. The minimum Gasteiger partial charge on any atom is -0.269 e. The number of nitrogens with one attached hydrogen (secondary N) is 1. The fraction of sp³-hybridized carbons (Fsp3) is 0.235. The van der Waals surface area contributed by atoms with Gasteiger partial charge in [-0.15, -0.1) is 22.7 Å². The van der Waals surface area contributed by atoms with Crippen LogP contribution in [0, 0.1) is 0 Å². The van der Waals surface area contributed by atoms with Crippen LogP contribution in [0.5, 0.6) is 0 Å². The van der Waals surface area contributed by atoms with Crippen molar-refractivity contribution in [2.45, 2.75) is 24.7 Å². The highest BCUT2D eigenvalue weighted by Gasteiger charge is 2.46. The number of rotatable bonds is 6. The molecule has 0 amide bonds. The zero-order valence-electron chi connectivity index (χ0n) is 13.2. The normalized spacial score (nSPS) is 15.9. The van der Waals surface area contributed by atoms with Gasteiger partial charge in [-0.2, -0.15) is 8.42 Å². The lowest BCUT2D eigenvalue weighted by Gasteiger charge is -2.13. The Balaban J connectivity index is 1.50. The number of thiophene rings is 1. The van der Waals surface area contributed by atoms with Crippen LogP contribution in [0.1, 0.15) is 24.1 Å². The number of anilines is 1. The maximum Gasteiger partial charge on any atom is 0.357 e. The largest absolute Gasteiger partial charge is 0.357 e. The second kappa shape index (κ2) is 6.21. The Bertz CT molecular complexity index is 973. The summed E-state index contributed by atoms with van der Waals surface area (Å²) in [7, 11) is -4.23. The standard InChI is InChI=1S/C17H16N2O3S3/c20-25(21,22)19-13-5-3-12(4-6-13)10-17(7-8-17)15-11-24-16(18-15)14-2-1-9-23-14/h1-6,9,11,19H,7-8,10H2,(H,20,21,22). The SMILES string of the molecule is O=S(=O)(O)Nc1ccc(CC2(c3csc(-c4cccs4)n3)CC2)cc1. The molecule has 2 N–H and O–H groups in total. The number of nitrogens with zero attached hydrogens (tertiary/aromatic N) is 1. The summed E-state index contributed by atoms with van der Waals surface area (Å²) < 4.78 is 32.6. The van der Waals surface area contributed by atoms with Crippen LogP contribution >= 0.6 is 22.7 Å². The number of aromatic nitrogens is 1. The van der Waals surface area contributed by atoms with E-state index in [4.69, 9.17) is 9.54 Å². The lowest BCUT2D eigenvalue weighted by molar-refractivity contribution is 0.489. The quantitative estimate of drug-likeness (QED) is 0.611. The van der Waals surface area contributed by atoms with Crippen molar-refractivity contribution < 1.29 is 13.0 Å². The maximum atomic E-state index is 10.8. The van der Waals surface area contributed by atoms with E-state index in [2.05, 4.69) is 21.5 Å². The van der Waals surface area contributed by atoms with Gasteiger partial charge < -0.3 is 0 Å². The van der Waals surface area contributed by atoms with Gasteiger partial charge in [0.2, 0.25) is 0 Å². The molecule has 8 heteroatoms. The van der Waals surface area contributed by atoms with E-state index >= 15 is 0 Å². The zero-order valence-corrected chi connectivity index (χ0v) is 15.6. The van der Waals surface area contributed by atoms with Crippen LogP contribution in [0.15, 0.2) is 47.2 Å². The molecule has 25 heavy (non-hydrogen) atoms. The molecule has 1 aliphatic rings. The molecule has 1 fully saturated rings. The monoisotopic (exact) mass is 392 g/mol. The van der Waals surface area contributed by atoms with E-state index in [0.717, 1.165) is 35.5 Å². The number of thiazole rings is 1. The molecule has 0 aliphatic heterocycles. The number of hydrogen-bond acceptors (Lipinski definition) is 5. The fourth-order valence-corrected chi connectivity index (χ4v) is 5.13. The summed E-state index contributed by atoms with van der Waals surface area (Å²) in [5, 5.41) is 5.30. The predicted octanol–water partition coefficient (Wildman–Crippen LogP) is 4.36. The van der Waals surface area contributed by atoms with E-state index in [1.165, 1.54) is 4.88 Å². The van der Waals surface area contributed by atoms with Crippen molar-refractivity contribution in [2.75, 3.05) is 4.72 Å². The van der Waals surface area contributed by atoms with Crippen LogP contribution in [0.4, 0.5) is 5.69 Å². The van der Waals surface area contributed by atoms with Gasteiger partial charge in [-0.05, 0) is 48.4 Å². The van der Waals surface area contributed by atoms with E-state index in [1.54, 1.807) is 34.8 Å². The average Bonchev–Trinajstić information content (AvgIpc) is 3.00. The third-order valence-electron chi connectivity index (χ3n) is 4.38. The highest BCUT2D eigenvalue weighted by Crippen LogP contribution is 2.51. The summed E-state index contributed by atoms with van der Waals surface area (Å²) in [6.45, 7) is 0. The Morgan fingerprint density at radius 2 is 1.92 bits per heavy atom. The van der Waals surface area contributed by atoms with E-state index in [1.807, 2.05) is 18.2 Å². The van der Waals surface area contributed by atoms with Crippen LogP contribution in [0.2, 0.25) is 0 Å². The van der Waals surface area contributed by atoms with Crippen LogP contribution in [0.3, 0.4) is 0 Å². The number of benzene rings is 1. The Hall–Kier alpha value is -1.74. The predicted molar refractivity (Wildman–Crippen MR) is 102 cm³/mol. The average molecular weight is 393 g/mol. The van der Waals surface area contributed by atoms with Crippen molar-refractivity contribution in [3.05, 3.63) is 58.4 Å². The first kappa shape index (κ1) is 16.7. The molecule has 1 aliphatic carbocycles. The van der Waals surface area contributed by atoms with Gasteiger partial charge in [-0.3, -0.25) is 9.27 Å². The lowest BCUT2D eigenvalue weighted by atomic mass is 9.94. The summed E-state index contributed by atoms with van der Waals surface area (Å²) in [5.41, 5.74) is 2.74. The molecule has 5 nitrogen and oxygen atoms in total. The minimum absolute atomic E-state index is 0.101. The third kappa shape index (κ3) is 3.77. The van der Waals surface area contributed by atoms with Crippen molar-refractivity contribution in [3.8, 4) is 9.88 Å². The first-order chi connectivity index (χ1) is 11.9. The van der Waals surface area contributed by atoms with Crippen molar-refractivity contribution in [3.63, 3.8) is 0 Å². The van der Waals surface area contributed by atoms with Gasteiger partial charge >= 0.3 is 10.3 Å². The minimum atomic E-state index is -4.23. The van der Waals surface area contributed by atoms with Crippen LogP contribution in [-0.4, -0.2) is 18.0 Å². The van der Waals surface area contributed by atoms with Gasteiger partial charge in [0.1, 0.15) is 5.01 Å². The van der Waals surface area contributed by atoms with Gasteiger partial charge in [-0.25, -0.2) is 4.98 Å². The molecule has 0 atom stereocenters. The molecule has 0 radical (unpaired) electrons. The molecule has 2 aromatic heterocycles. The molecule has 2 heterocycles. The first-order valence-corrected chi connectivity index (χ1v) is 11.0. The molecular weight excluding hydrogens is 376 g/mol. The molecular formula is C17H16N2O3S3. The van der Waals surface area contributed by atoms with E-state index < -0.39 is 10.3 Å². The molecule has 1 aromatic carbocycles. The van der Waals surface area contributed by atoms with Crippen molar-refractivity contribution in [1.82, 2.24) is 4.98 Å². The van der Waals surface area contributed by atoms with Gasteiger partial charge in [0, 0.05) is 10.8 Å². The second-order valence-electron chi connectivity index (χ2n) is 6.25. The van der Waals surface area contributed by atoms with Crippen molar-refractivity contribution in [2.24, 2.45) is 0 Å². The second-order valence-corrected chi connectivity index (χ2v) is 9.21. The lowest BCUT2D eigenvalue weighted by Crippen LogP contribution is -2.12. The summed E-state index contributed by atoms with van der Waals surface area (Å²) in [5.74, 6) is 0. The highest BCUT2D eigenvalue weighted by molar-refractivity contribution is 7.87. The zero-order chi connectivity index (χ0) is 17.5. The van der Waals surface area contributed by atoms with E-state index in [0.29, 0.717) is 5.69 Å². The van der Waals surface area contributed by atoms with Gasteiger partial charge in [0.15, 0.2) is 0 Å². The van der Waals surface area contributed by atoms with Gasteiger partial charge in [0.05, 0.1) is 16.3 Å². The summed E-state index contributed by atoms with van der Waals surface area (Å²) in [6, 6.07) is 11.2. The molecule has 0 unspecified atom stereocenters. The Morgan fingerprint density at radius 3 is 2.52 bits per heavy atom. The third-order valence-corrected chi connectivity index (χ3v) is 6.75. The molecule has 0 bridgehead atoms. The molecule has 130 valence electrons. The summed E-state index contributed by atoms with van der Waals surface area (Å²) in [6.07, 6.45) is 3.12. The topological polar surface area (TPSA) is 79.3 Å². The highest BCUT2D eigenvalue weighted by atomic mass is 32.2. The molecule has 0 saturated heterocycles. The van der Waals surface area contributed by atoms with Crippen LogP contribution < -0.4 is 4.72 Å². The Labute approximate surface area is 154 Å². The van der Waals surface area contributed by atoms with Crippen molar-refractivity contribution >= 4 is 38.7 Å². The summed E-state index contributed by atoms with van der Waals surface area (Å²) >= 11 is 3.39. The van der Waals surface area contributed by atoms with E-state index in [-0.39, 0.29) is 5.41 Å². The van der Waals surface area contributed by atoms with Gasteiger partial charge in [0.25, 0.3) is 0 Å². The molecule has 4 rings (SSSR count). The summed E-state index contributed by atoms with van der Waals surface area (Å²) in [4.78, 5) is 6.05. The van der Waals surface area contributed by atoms with Crippen LogP contribution in [0.25, 0.3) is 9.88 Å². The fourth-order valence-electron chi connectivity index (χ4n) is 2.94. The van der Waals surface area contributed by atoms with Gasteiger partial charge in [-0.1, -0.05) is 18.2 Å². The molecule has 0 spiro atoms. The van der Waals surface area contributed by atoms with Crippen LogP contribution in [-0.2, 0) is 22.1 Å². The Morgan fingerprint density at radius 1 is 1.16 bits per heavy atom. The first-order valence-electron chi connectivity index (χ1n) is 7.78. The molecule has 3 aromatic rings. The molecule has 1 saturated carbocycles. The van der Waals surface area contributed by atoms with E-state index in [9.17, 15) is 8.42 Å².